The van der Waals surface area contributed by atoms with Gasteiger partial charge < -0.3 is 15.2 Å². The van der Waals surface area contributed by atoms with Crippen molar-refractivity contribution in [3.63, 3.8) is 0 Å². The van der Waals surface area contributed by atoms with Crippen LogP contribution in [0.25, 0.3) is 0 Å². The molecule has 0 bridgehead atoms. The van der Waals surface area contributed by atoms with Gasteiger partial charge in [-0.05, 0) is 25.7 Å². The van der Waals surface area contributed by atoms with Crippen molar-refractivity contribution in [1.29, 1.82) is 0 Å². The van der Waals surface area contributed by atoms with Gasteiger partial charge in [-0.15, -0.1) is 0 Å². The van der Waals surface area contributed by atoms with Crippen LogP contribution in [0, 0.1) is 0 Å². The zero-order chi connectivity index (χ0) is 9.80. The van der Waals surface area contributed by atoms with Gasteiger partial charge in [-0.2, -0.15) is 0 Å². The fourth-order valence-corrected chi connectivity index (χ4v) is 2.34. The van der Waals surface area contributed by atoms with Gasteiger partial charge in [0.15, 0.2) is 0 Å². The topological polar surface area (TPSA) is 44.5 Å². The van der Waals surface area contributed by atoms with Crippen molar-refractivity contribution >= 4 is 0 Å². The summed E-state index contributed by atoms with van der Waals surface area (Å²) in [6, 6.07) is 0.255. The van der Waals surface area contributed by atoms with Crippen molar-refractivity contribution in [2.24, 2.45) is 5.73 Å². The SMILES string of the molecule is NC1CCCCC1OCC1CCCO1. The maximum absolute atomic E-state index is 6.00. The molecule has 1 heterocycles. The van der Waals surface area contributed by atoms with Gasteiger partial charge >= 0.3 is 0 Å². The largest absolute Gasteiger partial charge is 0.376 e. The number of ether oxygens (including phenoxy) is 2. The van der Waals surface area contributed by atoms with Crippen LogP contribution in [-0.4, -0.2) is 31.5 Å². The van der Waals surface area contributed by atoms with Gasteiger partial charge in [0.05, 0.1) is 18.8 Å². The summed E-state index contributed by atoms with van der Waals surface area (Å²) < 4.78 is 11.3. The third kappa shape index (κ3) is 2.69. The van der Waals surface area contributed by atoms with Crippen LogP contribution in [0.15, 0.2) is 0 Å². The van der Waals surface area contributed by atoms with Gasteiger partial charge in [0, 0.05) is 12.6 Å². The summed E-state index contributed by atoms with van der Waals surface area (Å²) in [5, 5.41) is 0. The van der Waals surface area contributed by atoms with Crippen molar-refractivity contribution in [3.05, 3.63) is 0 Å². The normalized spacial score (nSPS) is 38.8. The van der Waals surface area contributed by atoms with Crippen LogP contribution in [0.2, 0.25) is 0 Å². The minimum atomic E-state index is 0.255. The molecule has 0 spiro atoms. The molecule has 0 aromatic rings. The highest BCUT2D eigenvalue weighted by atomic mass is 16.5. The molecule has 14 heavy (non-hydrogen) atoms. The van der Waals surface area contributed by atoms with E-state index in [1.165, 1.54) is 19.3 Å². The Kier molecular flexibility index (Phi) is 3.79. The van der Waals surface area contributed by atoms with Crippen LogP contribution in [0.4, 0.5) is 0 Å². The van der Waals surface area contributed by atoms with Gasteiger partial charge in [-0.1, -0.05) is 12.8 Å². The summed E-state index contributed by atoms with van der Waals surface area (Å²) in [7, 11) is 0. The Morgan fingerprint density at radius 3 is 2.71 bits per heavy atom. The number of hydrogen-bond donors (Lipinski definition) is 1. The summed E-state index contributed by atoms with van der Waals surface area (Å²) >= 11 is 0. The molecule has 3 heteroatoms. The fraction of sp³-hybridized carbons (Fsp3) is 1.00. The predicted molar refractivity (Wildman–Crippen MR) is 55.2 cm³/mol. The Morgan fingerprint density at radius 1 is 1.14 bits per heavy atom. The van der Waals surface area contributed by atoms with E-state index in [4.69, 9.17) is 15.2 Å². The number of nitrogens with two attached hydrogens (primary N) is 1. The molecule has 1 aliphatic carbocycles. The maximum atomic E-state index is 6.00. The molecule has 1 saturated carbocycles. The lowest BCUT2D eigenvalue weighted by molar-refractivity contribution is -0.0397. The number of hydrogen-bond acceptors (Lipinski definition) is 3. The third-order valence-corrected chi connectivity index (χ3v) is 3.27. The third-order valence-electron chi connectivity index (χ3n) is 3.27. The van der Waals surface area contributed by atoms with Crippen LogP contribution in [0.5, 0.6) is 0 Å². The van der Waals surface area contributed by atoms with E-state index in [2.05, 4.69) is 0 Å². The molecule has 2 N–H and O–H groups in total. The molecule has 82 valence electrons. The molecule has 0 aromatic carbocycles. The first-order valence-corrected chi connectivity index (χ1v) is 5.85. The van der Waals surface area contributed by atoms with Gasteiger partial charge in [-0.25, -0.2) is 0 Å². The molecule has 3 nitrogen and oxygen atoms in total. The summed E-state index contributed by atoms with van der Waals surface area (Å²) in [4.78, 5) is 0. The molecule has 1 saturated heterocycles. The average Bonchev–Trinajstić information content (AvgIpc) is 2.69. The van der Waals surface area contributed by atoms with E-state index < -0.39 is 0 Å². The van der Waals surface area contributed by atoms with E-state index in [1.54, 1.807) is 0 Å². The molecule has 2 rings (SSSR count). The quantitative estimate of drug-likeness (QED) is 0.748. The first-order chi connectivity index (χ1) is 6.86. The zero-order valence-electron chi connectivity index (χ0n) is 8.78. The first-order valence-electron chi connectivity index (χ1n) is 5.85. The summed E-state index contributed by atoms with van der Waals surface area (Å²) in [6.45, 7) is 1.66. The van der Waals surface area contributed by atoms with E-state index in [9.17, 15) is 0 Å². The molecular formula is C11H21NO2. The van der Waals surface area contributed by atoms with Crippen LogP contribution >= 0.6 is 0 Å². The lowest BCUT2D eigenvalue weighted by Crippen LogP contribution is -2.40. The van der Waals surface area contributed by atoms with Gasteiger partial charge in [0.2, 0.25) is 0 Å². The van der Waals surface area contributed by atoms with Crippen molar-refractivity contribution in [3.8, 4) is 0 Å². The Hall–Kier alpha value is -0.120. The second-order valence-electron chi connectivity index (χ2n) is 4.46. The minimum Gasteiger partial charge on any atom is -0.376 e. The Bertz CT molecular complexity index is 169. The highest BCUT2D eigenvalue weighted by molar-refractivity contribution is 4.79. The highest BCUT2D eigenvalue weighted by Gasteiger charge is 2.24. The lowest BCUT2D eigenvalue weighted by Gasteiger charge is -2.29. The van der Waals surface area contributed by atoms with Crippen LogP contribution in [0.1, 0.15) is 38.5 Å². The fourth-order valence-electron chi connectivity index (χ4n) is 2.34. The second-order valence-corrected chi connectivity index (χ2v) is 4.46. The van der Waals surface area contributed by atoms with E-state index in [0.29, 0.717) is 6.10 Å². The van der Waals surface area contributed by atoms with Gasteiger partial charge in [0.1, 0.15) is 0 Å². The maximum Gasteiger partial charge on any atom is 0.0809 e. The average molecular weight is 199 g/mol. The van der Waals surface area contributed by atoms with E-state index in [-0.39, 0.29) is 12.1 Å². The summed E-state index contributed by atoms with van der Waals surface area (Å²) in [6.07, 6.45) is 7.75. The van der Waals surface area contributed by atoms with E-state index >= 15 is 0 Å². The standard InChI is InChI=1S/C11H21NO2/c12-10-5-1-2-6-11(10)14-8-9-4-3-7-13-9/h9-11H,1-8,12H2. The Labute approximate surface area is 85.9 Å². The summed E-state index contributed by atoms with van der Waals surface area (Å²) in [5.41, 5.74) is 6.00. The zero-order valence-corrected chi connectivity index (χ0v) is 8.78. The molecule has 0 aromatic heterocycles. The number of rotatable bonds is 3. The molecule has 2 aliphatic rings. The Balaban J connectivity index is 1.67. The molecular weight excluding hydrogens is 178 g/mol. The predicted octanol–water partition coefficient (Wildman–Crippen LogP) is 1.45. The van der Waals surface area contributed by atoms with Crippen LogP contribution < -0.4 is 5.73 Å². The lowest BCUT2D eigenvalue weighted by atomic mass is 9.93. The van der Waals surface area contributed by atoms with Gasteiger partial charge in [0.25, 0.3) is 0 Å². The van der Waals surface area contributed by atoms with E-state index in [1.807, 2.05) is 0 Å². The van der Waals surface area contributed by atoms with Crippen molar-refractivity contribution in [2.45, 2.75) is 56.8 Å². The van der Waals surface area contributed by atoms with Crippen molar-refractivity contribution < 1.29 is 9.47 Å². The smallest absolute Gasteiger partial charge is 0.0809 e. The minimum absolute atomic E-state index is 0.255. The van der Waals surface area contributed by atoms with Crippen molar-refractivity contribution in [1.82, 2.24) is 0 Å². The molecule has 0 amide bonds. The monoisotopic (exact) mass is 199 g/mol. The van der Waals surface area contributed by atoms with Crippen molar-refractivity contribution in [2.75, 3.05) is 13.2 Å². The first kappa shape index (κ1) is 10.4. The molecule has 1 aliphatic heterocycles. The highest BCUT2D eigenvalue weighted by Crippen LogP contribution is 2.21. The van der Waals surface area contributed by atoms with E-state index in [0.717, 1.165) is 32.5 Å². The molecule has 3 unspecified atom stereocenters. The van der Waals surface area contributed by atoms with Crippen LogP contribution in [0.3, 0.4) is 0 Å². The molecule has 2 fully saturated rings. The Morgan fingerprint density at radius 2 is 2.00 bits per heavy atom. The van der Waals surface area contributed by atoms with Gasteiger partial charge in [-0.3, -0.25) is 0 Å². The molecule has 3 atom stereocenters. The molecule has 0 radical (unpaired) electrons. The second kappa shape index (κ2) is 5.10. The summed E-state index contributed by atoms with van der Waals surface area (Å²) in [5.74, 6) is 0. The van der Waals surface area contributed by atoms with Crippen LogP contribution in [-0.2, 0) is 9.47 Å².